The molecule has 3 aromatic heterocycles. The van der Waals surface area contributed by atoms with Crippen LogP contribution in [0.5, 0.6) is 0 Å². The summed E-state index contributed by atoms with van der Waals surface area (Å²) in [5.74, 6) is -1.03. The number of fused-ring (bicyclic) bond motifs is 3. The van der Waals surface area contributed by atoms with Crippen LogP contribution in [0.3, 0.4) is 0 Å². The molecule has 0 unspecified atom stereocenters. The minimum Gasteiger partial charge on any atom is -0.500 e. The molecule has 0 aliphatic rings. The fourth-order valence-corrected chi connectivity index (χ4v) is 8.04. The van der Waals surface area contributed by atoms with Crippen LogP contribution < -0.4 is 5.19 Å². The standard InChI is InChI=1S/C26H19FNO.C18H24NSi.Ir/c1-15-11-16(2)25(17(3)12-15)18-9-10-28-23(13-18)22-6-4-5-21-20-8-7-19(27)14-24(20)29-26(21)22;1-13(2)16-11-17(15-9-7-14(3)8-10-15)19-12-18(16)20(4,5)6;/h4-5,7-14H,1-3H3;7-9,11-13H,1-6H3;/q2*-1;/i;3D3,13D;. The van der Waals surface area contributed by atoms with Crippen LogP contribution in [-0.2, 0) is 20.1 Å². The Bertz CT molecular complexity index is 2440. The maximum Gasteiger partial charge on any atom is 0.126 e. The summed E-state index contributed by atoms with van der Waals surface area (Å²) in [4.78, 5) is 9.15. The normalized spacial score (nSPS) is 13.1. The van der Waals surface area contributed by atoms with Crippen molar-refractivity contribution in [2.75, 3.05) is 0 Å². The van der Waals surface area contributed by atoms with Crippen molar-refractivity contribution in [1.82, 2.24) is 9.97 Å². The number of nitrogens with zero attached hydrogens (tertiary/aromatic N) is 2. The second-order valence-corrected chi connectivity index (χ2v) is 18.9. The van der Waals surface area contributed by atoms with Gasteiger partial charge in [-0.2, -0.15) is 0 Å². The Morgan fingerprint density at radius 2 is 1.60 bits per heavy atom. The summed E-state index contributed by atoms with van der Waals surface area (Å²) < 4.78 is 50.5. The van der Waals surface area contributed by atoms with E-state index in [1.54, 1.807) is 18.2 Å². The van der Waals surface area contributed by atoms with E-state index in [-0.39, 0.29) is 31.5 Å². The Labute approximate surface area is 316 Å². The van der Waals surface area contributed by atoms with Crippen molar-refractivity contribution in [2.45, 2.75) is 67.0 Å². The first-order chi connectivity index (χ1) is 24.8. The molecule has 0 amide bonds. The van der Waals surface area contributed by atoms with E-state index in [4.69, 9.17) is 9.90 Å². The van der Waals surface area contributed by atoms with E-state index in [2.05, 4.69) is 80.7 Å². The van der Waals surface area contributed by atoms with Gasteiger partial charge in [-0.15, -0.1) is 53.6 Å². The molecule has 6 heteroatoms. The molecular formula is C44H43FIrN2OSi-2. The van der Waals surface area contributed by atoms with Crippen molar-refractivity contribution in [3.8, 4) is 33.6 Å². The first kappa shape index (κ1) is 31.7. The molecule has 257 valence electrons. The molecule has 7 rings (SSSR count). The zero-order valence-electron chi connectivity index (χ0n) is 33.7. The van der Waals surface area contributed by atoms with Crippen LogP contribution >= 0.6 is 0 Å². The van der Waals surface area contributed by atoms with E-state index in [0.29, 0.717) is 11.2 Å². The molecule has 0 spiro atoms. The minimum atomic E-state index is -2.13. The van der Waals surface area contributed by atoms with Crippen LogP contribution in [0.4, 0.5) is 4.39 Å². The summed E-state index contributed by atoms with van der Waals surface area (Å²) in [6.45, 7) is 14.8. The first-order valence-corrected chi connectivity index (χ1v) is 19.9. The van der Waals surface area contributed by atoms with Crippen molar-refractivity contribution in [3.63, 3.8) is 0 Å². The number of benzene rings is 4. The summed E-state index contributed by atoms with van der Waals surface area (Å²) in [6, 6.07) is 30.0. The SMILES string of the molecule is Cc1cc(C)c(-c2ccnc(-c3[c-]ccc4c3oc3cc(F)ccc34)c2)c(C)c1.[2H]C([2H])([2H])c1c[c-]c(-c2cc(C([2H])(C)C)c([Si](C)(C)C)cn2)cc1.[Ir]. The number of aryl methyl sites for hydroxylation is 4. The summed E-state index contributed by atoms with van der Waals surface area (Å²) in [5.41, 5.74) is 11.6. The Balaban J connectivity index is 0.000000208. The third-order valence-corrected chi connectivity index (χ3v) is 10.7. The smallest absolute Gasteiger partial charge is 0.126 e. The molecule has 0 N–H and O–H groups in total. The van der Waals surface area contributed by atoms with Gasteiger partial charge >= 0.3 is 0 Å². The number of hydrogen-bond donors (Lipinski definition) is 0. The van der Waals surface area contributed by atoms with Gasteiger partial charge in [-0.05, 0) is 83.7 Å². The Hall–Kier alpha value is -4.22. The van der Waals surface area contributed by atoms with E-state index in [1.165, 1.54) is 45.6 Å². The van der Waals surface area contributed by atoms with Gasteiger partial charge in [-0.25, -0.2) is 4.39 Å². The average Bonchev–Trinajstić information content (AvgIpc) is 3.45. The molecule has 4 aromatic carbocycles. The van der Waals surface area contributed by atoms with Crippen LogP contribution in [0.2, 0.25) is 19.6 Å². The van der Waals surface area contributed by atoms with Crippen molar-refractivity contribution in [3.05, 3.63) is 137 Å². The number of halogens is 1. The molecule has 0 fully saturated rings. The van der Waals surface area contributed by atoms with Crippen LogP contribution in [0.15, 0.2) is 95.7 Å². The number of aromatic nitrogens is 2. The van der Waals surface area contributed by atoms with E-state index >= 15 is 0 Å². The van der Waals surface area contributed by atoms with Gasteiger partial charge in [0.1, 0.15) is 11.4 Å². The molecule has 50 heavy (non-hydrogen) atoms. The van der Waals surface area contributed by atoms with E-state index in [9.17, 15) is 4.39 Å². The maximum absolute atomic E-state index is 13.7. The van der Waals surface area contributed by atoms with Crippen molar-refractivity contribution in [2.24, 2.45) is 0 Å². The molecular weight excluding hydrogens is 812 g/mol. The van der Waals surface area contributed by atoms with Gasteiger partial charge in [-0.3, -0.25) is 0 Å². The Kier molecular flexibility index (Phi) is 9.49. The van der Waals surface area contributed by atoms with Crippen LogP contribution in [-0.4, -0.2) is 18.0 Å². The topological polar surface area (TPSA) is 38.9 Å². The summed E-state index contributed by atoms with van der Waals surface area (Å²) in [6.07, 6.45) is 3.71. The van der Waals surface area contributed by atoms with Gasteiger partial charge in [0.15, 0.2) is 0 Å². The summed E-state index contributed by atoms with van der Waals surface area (Å²) in [7, 11) is -1.61. The van der Waals surface area contributed by atoms with Crippen molar-refractivity contribution < 1.29 is 34.4 Å². The molecule has 0 bridgehead atoms. The second kappa shape index (κ2) is 14.9. The molecule has 1 radical (unpaired) electrons. The predicted molar refractivity (Wildman–Crippen MR) is 206 cm³/mol. The quantitative estimate of drug-likeness (QED) is 0.128. The molecule has 0 aliphatic carbocycles. The molecule has 0 aliphatic heterocycles. The van der Waals surface area contributed by atoms with E-state index < -0.39 is 20.8 Å². The van der Waals surface area contributed by atoms with Gasteiger partial charge in [-0.1, -0.05) is 86.7 Å². The van der Waals surface area contributed by atoms with Gasteiger partial charge < -0.3 is 14.4 Å². The van der Waals surface area contributed by atoms with Gasteiger partial charge in [0, 0.05) is 49.4 Å². The molecule has 3 nitrogen and oxygen atoms in total. The molecule has 7 aromatic rings. The zero-order chi connectivity index (χ0) is 38.5. The van der Waals surface area contributed by atoms with E-state index in [0.717, 1.165) is 44.4 Å². The summed E-state index contributed by atoms with van der Waals surface area (Å²) in [5, 5.41) is 3.01. The van der Waals surface area contributed by atoms with Crippen LogP contribution in [0.25, 0.3) is 55.6 Å². The third kappa shape index (κ3) is 7.73. The largest absolute Gasteiger partial charge is 0.500 e. The predicted octanol–water partition coefficient (Wildman–Crippen LogP) is 11.7. The minimum absolute atomic E-state index is 0. The number of furan rings is 1. The van der Waals surface area contributed by atoms with Gasteiger partial charge in [0.25, 0.3) is 0 Å². The first-order valence-electron chi connectivity index (χ1n) is 18.4. The summed E-state index contributed by atoms with van der Waals surface area (Å²) >= 11 is 0. The number of pyridine rings is 2. The van der Waals surface area contributed by atoms with Crippen LogP contribution in [0.1, 0.15) is 53.0 Å². The van der Waals surface area contributed by atoms with E-state index in [1.807, 2.05) is 50.5 Å². The number of hydrogen-bond acceptors (Lipinski definition) is 3. The van der Waals surface area contributed by atoms with Gasteiger partial charge in [0.2, 0.25) is 0 Å². The average molecular weight is 859 g/mol. The molecule has 0 saturated carbocycles. The fraction of sp³-hybridized carbons (Fsp3) is 0.227. The monoisotopic (exact) mass is 859 g/mol. The Morgan fingerprint density at radius 1 is 0.840 bits per heavy atom. The molecule has 0 saturated heterocycles. The molecule has 0 atom stereocenters. The number of rotatable bonds is 5. The third-order valence-electron chi connectivity index (χ3n) is 8.72. The van der Waals surface area contributed by atoms with Crippen molar-refractivity contribution in [1.29, 1.82) is 0 Å². The van der Waals surface area contributed by atoms with Gasteiger partial charge in [0.05, 0.1) is 13.7 Å². The maximum atomic E-state index is 13.7. The Morgan fingerprint density at radius 3 is 2.26 bits per heavy atom. The van der Waals surface area contributed by atoms with Crippen molar-refractivity contribution >= 4 is 35.2 Å². The van der Waals surface area contributed by atoms with Crippen LogP contribution in [0, 0.1) is 45.6 Å². The second-order valence-electron chi connectivity index (χ2n) is 13.9. The fourth-order valence-electron chi connectivity index (χ4n) is 6.46. The molecule has 3 heterocycles. The zero-order valence-corrected chi connectivity index (χ0v) is 33.1.